The van der Waals surface area contributed by atoms with Crippen molar-refractivity contribution in [2.24, 2.45) is 0 Å². The van der Waals surface area contributed by atoms with Crippen LogP contribution in [-0.2, 0) is 16.1 Å². The molecule has 242 valence electrons. The van der Waals surface area contributed by atoms with Gasteiger partial charge in [0.25, 0.3) is 11.8 Å². The number of amides is 2. The number of benzene rings is 3. The Morgan fingerprint density at radius 3 is 2.04 bits per heavy atom. The lowest BCUT2D eigenvalue weighted by atomic mass is 9.64. The molecule has 17 heteroatoms. The van der Waals surface area contributed by atoms with Crippen molar-refractivity contribution >= 4 is 52.3 Å². The SMILES string of the molecule is O=C1N(c2c(F)c(F)c(F)c(F)c2F)C(=O)C2(Cl)C(c3ccc(O)cc3Cl)C3=CCn4c(=O)n(-c5ccccc5)c(=O)n4C3CC12Cl. The van der Waals surface area contributed by atoms with Gasteiger partial charge in [-0.05, 0) is 35.4 Å². The molecule has 2 amide bonds. The lowest BCUT2D eigenvalue weighted by molar-refractivity contribution is -0.122. The van der Waals surface area contributed by atoms with E-state index in [0.29, 0.717) is 0 Å². The number of carbonyl (C=O) groups is 2. The predicted molar refractivity (Wildman–Crippen MR) is 158 cm³/mol. The van der Waals surface area contributed by atoms with Gasteiger partial charge in [-0.1, -0.05) is 41.9 Å². The van der Waals surface area contributed by atoms with Crippen molar-refractivity contribution in [3.05, 3.63) is 121 Å². The van der Waals surface area contributed by atoms with Gasteiger partial charge in [0.1, 0.15) is 11.4 Å². The summed E-state index contributed by atoms with van der Waals surface area (Å²) in [7, 11) is 0. The standard InChI is InChI=1S/C30H16Cl3F5N4O5/c31-16-10-13(43)6-7-14(16)18-15-8-9-39-27(46)40(12-4-2-1-3-5-12)28(47)42(39)17(15)11-29(32)25(44)41(26(45)30(18,29)33)24-22(37)20(35)19(34)21(36)23(24)38/h1-8,10,17-18,43H,9,11H2. The second-order valence-electron chi connectivity index (χ2n) is 11.1. The zero-order chi connectivity index (χ0) is 33.9. The fourth-order valence-electron chi connectivity index (χ4n) is 6.72. The van der Waals surface area contributed by atoms with E-state index in [4.69, 9.17) is 34.8 Å². The molecule has 1 N–H and O–H groups in total. The molecule has 0 spiro atoms. The molecule has 3 aromatic carbocycles. The molecule has 0 radical (unpaired) electrons. The molecule has 9 nitrogen and oxygen atoms in total. The highest BCUT2D eigenvalue weighted by Gasteiger charge is 2.76. The van der Waals surface area contributed by atoms with Crippen molar-refractivity contribution < 1.29 is 36.6 Å². The molecule has 4 atom stereocenters. The van der Waals surface area contributed by atoms with E-state index >= 15 is 8.78 Å². The van der Waals surface area contributed by atoms with Gasteiger partial charge in [0, 0.05) is 17.4 Å². The largest absolute Gasteiger partial charge is 0.508 e. The van der Waals surface area contributed by atoms with Crippen LogP contribution in [0.4, 0.5) is 27.6 Å². The van der Waals surface area contributed by atoms with Gasteiger partial charge in [-0.15, -0.1) is 23.2 Å². The smallest absolute Gasteiger partial charge is 0.352 e. The quantitative estimate of drug-likeness (QED) is 0.0799. The average molecular weight is 714 g/mol. The zero-order valence-corrected chi connectivity index (χ0v) is 25.4. The molecule has 47 heavy (non-hydrogen) atoms. The van der Waals surface area contributed by atoms with E-state index < -0.39 is 86.1 Å². The molecule has 1 saturated carbocycles. The number of anilines is 1. The molecule has 1 aliphatic carbocycles. The fraction of sp³-hybridized carbons (Fsp3) is 0.200. The van der Waals surface area contributed by atoms with Crippen molar-refractivity contribution in [2.45, 2.75) is 34.7 Å². The number of imide groups is 1. The molecule has 3 heterocycles. The van der Waals surface area contributed by atoms with Gasteiger partial charge in [-0.2, -0.15) is 0 Å². The second-order valence-corrected chi connectivity index (χ2v) is 12.8. The van der Waals surface area contributed by atoms with Crippen LogP contribution >= 0.6 is 34.8 Å². The molecule has 3 aliphatic rings. The molecule has 1 saturated heterocycles. The van der Waals surface area contributed by atoms with Gasteiger partial charge in [0.2, 0.25) is 5.82 Å². The first-order chi connectivity index (χ1) is 22.2. The van der Waals surface area contributed by atoms with Crippen molar-refractivity contribution in [3.63, 3.8) is 0 Å². The fourth-order valence-corrected chi connectivity index (χ4v) is 7.91. The molecular weight excluding hydrogens is 698 g/mol. The monoisotopic (exact) mass is 712 g/mol. The average Bonchev–Trinajstić information content (AvgIpc) is 3.38. The van der Waals surface area contributed by atoms with Crippen LogP contribution in [0.3, 0.4) is 0 Å². The number of aromatic nitrogens is 3. The molecule has 2 aliphatic heterocycles. The van der Waals surface area contributed by atoms with Crippen molar-refractivity contribution in [3.8, 4) is 11.4 Å². The number of nitrogens with zero attached hydrogens (tertiary/aromatic N) is 4. The van der Waals surface area contributed by atoms with E-state index in [2.05, 4.69) is 0 Å². The topological polar surface area (TPSA) is 107 Å². The van der Waals surface area contributed by atoms with Crippen LogP contribution in [0.15, 0.2) is 69.8 Å². The van der Waals surface area contributed by atoms with Crippen molar-refractivity contribution in [1.82, 2.24) is 13.9 Å². The maximum atomic E-state index is 15.1. The van der Waals surface area contributed by atoms with Gasteiger partial charge in [-0.25, -0.2) is 50.4 Å². The number of phenols is 1. The highest BCUT2D eigenvalue weighted by molar-refractivity contribution is 6.58. The van der Waals surface area contributed by atoms with Gasteiger partial charge in [-0.3, -0.25) is 9.59 Å². The molecule has 4 unspecified atom stereocenters. The van der Waals surface area contributed by atoms with E-state index in [1.807, 2.05) is 0 Å². The van der Waals surface area contributed by atoms with Crippen LogP contribution in [0.25, 0.3) is 5.69 Å². The molecule has 2 fully saturated rings. The summed E-state index contributed by atoms with van der Waals surface area (Å²) in [6.07, 6.45) is 0.679. The van der Waals surface area contributed by atoms with Crippen LogP contribution in [0.5, 0.6) is 5.75 Å². The highest BCUT2D eigenvalue weighted by atomic mass is 35.5. The lowest BCUT2D eigenvalue weighted by Crippen LogP contribution is -2.59. The summed E-state index contributed by atoms with van der Waals surface area (Å²) in [6.45, 7) is -0.266. The van der Waals surface area contributed by atoms with E-state index in [0.717, 1.165) is 26.1 Å². The number of alkyl halides is 2. The number of allylic oxidation sites excluding steroid dienone is 2. The van der Waals surface area contributed by atoms with Crippen LogP contribution in [-0.4, -0.2) is 40.6 Å². The number of hydrogen-bond acceptors (Lipinski definition) is 5. The first-order valence-corrected chi connectivity index (χ1v) is 14.8. The molecule has 1 aromatic heterocycles. The maximum absolute atomic E-state index is 15.1. The number of phenolic OH excluding ortho intramolecular Hbond substituents is 1. The number of carbonyl (C=O) groups excluding carboxylic acids is 2. The summed E-state index contributed by atoms with van der Waals surface area (Å²) in [5.74, 6) is -17.6. The van der Waals surface area contributed by atoms with E-state index in [1.54, 1.807) is 18.2 Å². The Balaban J connectivity index is 1.51. The van der Waals surface area contributed by atoms with Crippen LogP contribution in [0.2, 0.25) is 5.02 Å². The van der Waals surface area contributed by atoms with Gasteiger partial charge < -0.3 is 5.11 Å². The number of fused-ring (bicyclic) bond motifs is 4. The summed E-state index contributed by atoms with van der Waals surface area (Å²) in [4.78, 5) is 50.0. The Kier molecular flexibility index (Phi) is 6.84. The summed E-state index contributed by atoms with van der Waals surface area (Å²) in [5.41, 5.74) is -3.29. The van der Waals surface area contributed by atoms with Gasteiger partial charge in [0.05, 0.1) is 18.3 Å². The van der Waals surface area contributed by atoms with Crippen LogP contribution in [0, 0.1) is 29.1 Å². The normalized spacial score (nSPS) is 25.0. The van der Waals surface area contributed by atoms with Gasteiger partial charge >= 0.3 is 11.4 Å². The third kappa shape index (κ3) is 3.88. The van der Waals surface area contributed by atoms with Crippen LogP contribution in [0.1, 0.15) is 23.9 Å². The Hall–Kier alpha value is -4.40. The summed E-state index contributed by atoms with van der Waals surface area (Å²) < 4.78 is 75.7. The minimum absolute atomic E-state index is 0.0489. The third-order valence-electron chi connectivity index (χ3n) is 8.80. The Morgan fingerprint density at radius 2 is 1.43 bits per heavy atom. The first kappa shape index (κ1) is 31.2. The number of halogens is 8. The zero-order valence-electron chi connectivity index (χ0n) is 23.2. The molecule has 0 bridgehead atoms. The van der Waals surface area contributed by atoms with E-state index in [1.165, 1.54) is 24.3 Å². The lowest BCUT2D eigenvalue weighted by Gasteiger charge is -2.49. The Labute approximate surface area is 274 Å². The Bertz CT molecular complexity index is 2210. The van der Waals surface area contributed by atoms with E-state index in [-0.39, 0.29) is 39.0 Å². The molecule has 7 rings (SSSR count). The number of para-hydroxylation sites is 1. The number of aromatic hydroxyl groups is 1. The predicted octanol–water partition coefficient (Wildman–Crippen LogP) is 5.05. The number of hydrogen-bond donors (Lipinski definition) is 1. The highest BCUT2D eigenvalue weighted by Crippen LogP contribution is 2.64. The van der Waals surface area contributed by atoms with Gasteiger partial charge in [0.15, 0.2) is 33.0 Å². The Morgan fingerprint density at radius 1 is 0.809 bits per heavy atom. The minimum Gasteiger partial charge on any atom is -0.508 e. The molecular formula is C30H16Cl3F5N4O5. The summed E-state index contributed by atoms with van der Waals surface area (Å²) in [5, 5.41) is 9.82. The number of rotatable bonds is 3. The minimum atomic E-state index is -2.76. The van der Waals surface area contributed by atoms with Crippen molar-refractivity contribution in [1.29, 1.82) is 0 Å². The molecule has 4 aromatic rings. The summed E-state index contributed by atoms with van der Waals surface area (Å²) in [6, 6.07) is 9.94. The maximum Gasteiger partial charge on any atom is 0.352 e. The van der Waals surface area contributed by atoms with E-state index in [9.17, 15) is 37.5 Å². The first-order valence-electron chi connectivity index (χ1n) is 13.6. The third-order valence-corrected chi connectivity index (χ3v) is 10.5. The summed E-state index contributed by atoms with van der Waals surface area (Å²) >= 11 is 20.5. The second kappa shape index (κ2) is 10.3. The van der Waals surface area contributed by atoms with Crippen LogP contribution < -0.4 is 16.3 Å². The van der Waals surface area contributed by atoms with Crippen molar-refractivity contribution in [2.75, 3.05) is 4.90 Å².